The van der Waals surface area contributed by atoms with Crippen molar-refractivity contribution in [3.8, 4) is 23.1 Å². The fourth-order valence-electron chi connectivity index (χ4n) is 5.68. The van der Waals surface area contributed by atoms with Gasteiger partial charge < -0.3 is 19.1 Å². The van der Waals surface area contributed by atoms with Gasteiger partial charge in [0.05, 0.1) is 12.8 Å². The van der Waals surface area contributed by atoms with Crippen molar-refractivity contribution in [3.63, 3.8) is 0 Å². The Bertz CT molecular complexity index is 1890. The van der Waals surface area contributed by atoms with E-state index in [9.17, 15) is 4.79 Å². The van der Waals surface area contributed by atoms with Crippen molar-refractivity contribution < 1.29 is 19.0 Å². The SMILES string of the molecule is Cc1ccc(OCCc2ccc(CN3CCN(C(=O)/C=C/c4ccc(Oc5ccc(OCc6ccccc6Cl)cn5)c(C)c4)CC3)cc2)cc1.Cl. The van der Waals surface area contributed by atoms with Gasteiger partial charge in [0.25, 0.3) is 0 Å². The first kappa shape index (κ1) is 37.4. The third-order valence-electron chi connectivity index (χ3n) is 8.69. The number of aromatic nitrogens is 1. The number of aryl methyl sites for hydroxylation is 2. The molecular formula is C42H43Cl2N3O4. The summed E-state index contributed by atoms with van der Waals surface area (Å²) in [4.78, 5) is 21.7. The molecule has 0 radical (unpaired) electrons. The number of piperazine rings is 1. The number of hydrogen-bond donors (Lipinski definition) is 0. The third kappa shape index (κ3) is 11.1. The second kappa shape index (κ2) is 18.4. The largest absolute Gasteiger partial charge is 0.493 e. The van der Waals surface area contributed by atoms with Gasteiger partial charge in [-0.2, -0.15) is 0 Å². The van der Waals surface area contributed by atoms with Crippen molar-refractivity contribution in [3.05, 3.63) is 154 Å². The molecule has 1 amide bonds. The Morgan fingerprint density at radius 3 is 2.25 bits per heavy atom. The summed E-state index contributed by atoms with van der Waals surface area (Å²) in [5.41, 5.74) is 6.56. The van der Waals surface area contributed by atoms with Crippen LogP contribution in [0.5, 0.6) is 23.1 Å². The first-order chi connectivity index (χ1) is 24.4. The lowest BCUT2D eigenvalue weighted by Gasteiger charge is -2.34. The van der Waals surface area contributed by atoms with Crippen LogP contribution < -0.4 is 14.2 Å². The minimum Gasteiger partial charge on any atom is -0.493 e. The minimum atomic E-state index is 0. The smallest absolute Gasteiger partial charge is 0.246 e. The maximum Gasteiger partial charge on any atom is 0.246 e. The summed E-state index contributed by atoms with van der Waals surface area (Å²) >= 11 is 6.21. The monoisotopic (exact) mass is 723 g/mol. The van der Waals surface area contributed by atoms with E-state index in [1.807, 2.05) is 78.6 Å². The van der Waals surface area contributed by atoms with E-state index in [0.29, 0.717) is 48.7 Å². The molecule has 0 unspecified atom stereocenters. The van der Waals surface area contributed by atoms with Crippen molar-refractivity contribution in [2.24, 2.45) is 0 Å². The second-order valence-electron chi connectivity index (χ2n) is 12.5. The summed E-state index contributed by atoms with van der Waals surface area (Å²) < 4.78 is 17.7. The molecule has 1 aliphatic heterocycles. The summed E-state index contributed by atoms with van der Waals surface area (Å²) in [6.07, 6.45) is 6.03. The van der Waals surface area contributed by atoms with Crippen LogP contribution in [0.3, 0.4) is 0 Å². The molecule has 6 rings (SSSR count). The molecule has 2 heterocycles. The first-order valence-electron chi connectivity index (χ1n) is 17.0. The van der Waals surface area contributed by atoms with Gasteiger partial charge in [0.1, 0.15) is 23.9 Å². The van der Waals surface area contributed by atoms with E-state index >= 15 is 0 Å². The normalized spacial score (nSPS) is 13.1. The van der Waals surface area contributed by atoms with Crippen LogP contribution in [0.25, 0.3) is 6.08 Å². The molecule has 1 fully saturated rings. The van der Waals surface area contributed by atoms with E-state index in [2.05, 4.69) is 53.2 Å². The van der Waals surface area contributed by atoms with E-state index in [1.165, 1.54) is 16.7 Å². The fraction of sp³-hybridized carbons (Fsp3) is 0.238. The highest BCUT2D eigenvalue weighted by atomic mass is 35.5. The van der Waals surface area contributed by atoms with Crippen LogP contribution in [-0.4, -0.2) is 53.5 Å². The van der Waals surface area contributed by atoms with Crippen molar-refractivity contribution in [1.29, 1.82) is 0 Å². The molecule has 1 saturated heterocycles. The molecule has 1 aliphatic rings. The van der Waals surface area contributed by atoms with Gasteiger partial charge in [0.15, 0.2) is 0 Å². The molecule has 0 atom stereocenters. The Morgan fingerprint density at radius 2 is 1.55 bits per heavy atom. The predicted octanol–water partition coefficient (Wildman–Crippen LogP) is 9.12. The van der Waals surface area contributed by atoms with E-state index in [0.717, 1.165) is 48.5 Å². The number of carbonyl (C=O) groups is 1. The number of nitrogens with zero attached hydrogens (tertiary/aromatic N) is 3. The van der Waals surface area contributed by atoms with Gasteiger partial charge in [0, 0.05) is 61.9 Å². The van der Waals surface area contributed by atoms with Crippen LogP contribution in [0.15, 0.2) is 115 Å². The average molecular weight is 725 g/mol. The topological polar surface area (TPSA) is 64.1 Å². The van der Waals surface area contributed by atoms with Gasteiger partial charge in [-0.3, -0.25) is 9.69 Å². The number of amides is 1. The predicted molar refractivity (Wildman–Crippen MR) is 206 cm³/mol. The Hall–Kier alpha value is -4.82. The summed E-state index contributed by atoms with van der Waals surface area (Å²) in [7, 11) is 0. The van der Waals surface area contributed by atoms with Gasteiger partial charge in [-0.05, 0) is 78.6 Å². The Labute approximate surface area is 311 Å². The molecule has 0 spiro atoms. The molecular weight excluding hydrogens is 681 g/mol. The van der Waals surface area contributed by atoms with E-state index in [-0.39, 0.29) is 18.3 Å². The molecule has 264 valence electrons. The summed E-state index contributed by atoms with van der Waals surface area (Å²) in [6.45, 7) is 9.05. The lowest BCUT2D eigenvalue weighted by molar-refractivity contribution is -0.127. The molecule has 0 N–H and O–H groups in total. The van der Waals surface area contributed by atoms with E-state index in [1.54, 1.807) is 18.3 Å². The maximum absolute atomic E-state index is 13.0. The molecule has 9 heteroatoms. The number of rotatable bonds is 13. The van der Waals surface area contributed by atoms with E-state index in [4.69, 9.17) is 25.8 Å². The molecule has 5 aromatic rings. The number of ether oxygens (including phenoxy) is 3. The van der Waals surface area contributed by atoms with Crippen LogP contribution in [0.1, 0.15) is 33.4 Å². The highest BCUT2D eigenvalue weighted by Gasteiger charge is 2.19. The van der Waals surface area contributed by atoms with Crippen molar-refractivity contribution in [2.75, 3.05) is 32.8 Å². The first-order valence-corrected chi connectivity index (χ1v) is 17.3. The standard InChI is InChI=1S/C42H42ClN3O4.ClH/c1-31-7-15-37(16-8-31)48-26-21-33-9-11-35(12-10-33)29-45-22-24-46(25-23-45)42(47)20-14-34-13-18-40(32(2)27-34)50-41-19-17-38(28-44-41)49-30-36-5-3-4-6-39(36)43;/h3-20,27-28H,21-26,29-30H2,1-2H3;1H/b20-14+;. The highest BCUT2D eigenvalue weighted by Crippen LogP contribution is 2.27. The Balaban J connectivity index is 0.00000504. The van der Waals surface area contributed by atoms with Crippen LogP contribution in [-0.2, 0) is 24.4 Å². The summed E-state index contributed by atoms with van der Waals surface area (Å²) in [5.74, 6) is 2.73. The lowest BCUT2D eigenvalue weighted by Crippen LogP contribution is -2.47. The number of hydrogen-bond acceptors (Lipinski definition) is 6. The summed E-state index contributed by atoms with van der Waals surface area (Å²) in [5, 5.41) is 0.669. The number of pyridine rings is 1. The van der Waals surface area contributed by atoms with Crippen LogP contribution in [0, 0.1) is 13.8 Å². The second-order valence-corrected chi connectivity index (χ2v) is 12.9. The van der Waals surface area contributed by atoms with Gasteiger partial charge >= 0.3 is 0 Å². The quantitative estimate of drug-likeness (QED) is 0.113. The van der Waals surface area contributed by atoms with Gasteiger partial charge in [-0.1, -0.05) is 77.8 Å². The van der Waals surface area contributed by atoms with Crippen LogP contribution in [0.2, 0.25) is 5.02 Å². The van der Waals surface area contributed by atoms with E-state index < -0.39 is 0 Å². The molecule has 7 nitrogen and oxygen atoms in total. The third-order valence-corrected chi connectivity index (χ3v) is 9.06. The Morgan fingerprint density at radius 1 is 0.824 bits per heavy atom. The Kier molecular flexibility index (Phi) is 13.5. The number of benzene rings is 4. The molecule has 51 heavy (non-hydrogen) atoms. The zero-order valence-electron chi connectivity index (χ0n) is 29.0. The van der Waals surface area contributed by atoms with Gasteiger partial charge in [0.2, 0.25) is 11.8 Å². The zero-order chi connectivity index (χ0) is 34.7. The van der Waals surface area contributed by atoms with Gasteiger partial charge in [-0.25, -0.2) is 4.98 Å². The molecule has 0 saturated carbocycles. The zero-order valence-corrected chi connectivity index (χ0v) is 30.5. The van der Waals surface area contributed by atoms with Crippen LogP contribution >= 0.6 is 24.0 Å². The summed E-state index contributed by atoms with van der Waals surface area (Å²) in [6, 6.07) is 34.0. The maximum atomic E-state index is 13.0. The average Bonchev–Trinajstić information content (AvgIpc) is 3.14. The lowest BCUT2D eigenvalue weighted by atomic mass is 10.1. The minimum absolute atomic E-state index is 0. The van der Waals surface area contributed by atoms with Gasteiger partial charge in [-0.15, -0.1) is 12.4 Å². The molecule has 0 bridgehead atoms. The van der Waals surface area contributed by atoms with Crippen molar-refractivity contribution >= 4 is 36.0 Å². The highest BCUT2D eigenvalue weighted by molar-refractivity contribution is 6.31. The molecule has 4 aromatic carbocycles. The molecule has 0 aliphatic carbocycles. The number of carbonyl (C=O) groups excluding carboxylic acids is 1. The molecule has 1 aromatic heterocycles. The van der Waals surface area contributed by atoms with Crippen molar-refractivity contribution in [1.82, 2.24) is 14.8 Å². The van der Waals surface area contributed by atoms with Crippen molar-refractivity contribution in [2.45, 2.75) is 33.4 Å². The fourth-order valence-corrected chi connectivity index (χ4v) is 5.87. The van der Waals surface area contributed by atoms with Crippen LogP contribution in [0.4, 0.5) is 0 Å². The number of halogens is 2.